The SMILES string of the molecule is O=C(CC1C(=O)N(CC2CCCO2)c2nc3ccccc3n21)Nc1ccc(F)c(F)c1. The monoisotopic (exact) mass is 426 g/mol. The van der Waals surface area contributed by atoms with Gasteiger partial charge in [0.15, 0.2) is 11.6 Å². The van der Waals surface area contributed by atoms with Crippen LogP contribution in [0.15, 0.2) is 42.5 Å². The van der Waals surface area contributed by atoms with Gasteiger partial charge in [0.05, 0.1) is 30.1 Å². The van der Waals surface area contributed by atoms with Crippen LogP contribution in [0.1, 0.15) is 25.3 Å². The number of fused-ring (bicyclic) bond motifs is 3. The van der Waals surface area contributed by atoms with Crippen molar-refractivity contribution in [3.05, 3.63) is 54.1 Å². The molecule has 2 aliphatic rings. The molecule has 160 valence electrons. The van der Waals surface area contributed by atoms with Crippen LogP contribution >= 0.6 is 0 Å². The zero-order valence-corrected chi connectivity index (χ0v) is 16.6. The van der Waals surface area contributed by atoms with Crippen LogP contribution in [-0.2, 0) is 14.3 Å². The minimum Gasteiger partial charge on any atom is -0.376 e. The van der Waals surface area contributed by atoms with Crippen LogP contribution in [0.5, 0.6) is 0 Å². The van der Waals surface area contributed by atoms with E-state index in [0.29, 0.717) is 19.1 Å². The third-order valence-corrected chi connectivity index (χ3v) is 5.67. The Morgan fingerprint density at radius 2 is 2.03 bits per heavy atom. The molecule has 31 heavy (non-hydrogen) atoms. The van der Waals surface area contributed by atoms with Crippen molar-refractivity contribution in [1.82, 2.24) is 9.55 Å². The fourth-order valence-electron chi connectivity index (χ4n) is 4.22. The van der Waals surface area contributed by atoms with E-state index in [4.69, 9.17) is 4.74 Å². The Labute approximate surface area is 176 Å². The van der Waals surface area contributed by atoms with Gasteiger partial charge in [-0.2, -0.15) is 0 Å². The Morgan fingerprint density at radius 3 is 2.81 bits per heavy atom. The van der Waals surface area contributed by atoms with Crippen molar-refractivity contribution >= 4 is 34.5 Å². The van der Waals surface area contributed by atoms with Gasteiger partial charge in [-0.3, -0.25) is 19.1 Å². The molecule has 0 radical (unpaired) electrons. The molecule has 3 heterocycles. The first-order valence-electron chi connectivity index (χ1n) is 10.2. The van der Waals surface area contributed by atoms with Gasteiger partial charge in [0.25, 0.3) is 5.91 Å². The molecule has 1 N–H and O–H groups in total. The molecule has 2 amide bonds. The minimum absolute atomic E-state index is 0.0630. The molecule has 2 aromatic carbocycles. The van der Waals surface area contributed by atoms with Crippen LogP contribution in [0.3, 0.4) is 0 Å². The van der Waals surface area contributed by atoms with Crippen LogP contribution in [0, 0.1) is 11.6 Å². The van der Waals surface area contributed by atoms with Crippen molar-refractivity contribution in [2.24, 2.45) is 0 Å². The lowest BCUT2D eigenvalue weighted by Gasteiger charge is -2.19. The van der Waals surface area contributed by atoms with Gasteiger partial charge >= 0.3 is 0 Å². The highest BCUT2D eigenvalue weighted by molar-refractivity contribution is 6.05. The molecule has 2 unspecified atom stereocenters. The van der Waals surface area contributed by atoms with Crippen molar-refractivity contribution in [1.29, 1.82) is 0 Å². The molecule has 1 aromatic heterocycles. The van der Waals surface area contributed by atoms with Gasteiger partial charge in [-0.15, -0.1) is 0 Å². The highest BCUT2D eigenvalue weighted by atomic mass is 19.2. The Hall–Kier alpha value is -3.33. The number of imidazole rings is 1. The summed E-state index contributed by atoms with van der Waals surface area (Å²) in [4.78, 5) is 32.1. The number of aromatic nitrogens is 2. The second-order valence-electron chi connectivity index (χ2n) is 7.75. The molecule has 2 atom stereocenters. The van der Waals surface area contributed by atoms with E-state index < -0.39 is 23.6 Å². The van der Waals surface area contributed by atoms with Crippen LogP contribution in [0.2, 0.25) is 0 Å². The van der Waals surface area contributed by atoms with Crippen LogP contribution in [0.25, 0.3) is 11.0 Å². The van der Waals surface area contributed by atoms with E-state index >= 15 is 0 Å². The summed E-state index contributed by atoms with van der Waals surface area (Å²) >= 11 is 0. The second-order valence-corrected chi connectivity index (χ2v) is 7.75. The summed E-state index contributed by atoms with van der Waals surface area (Å²) in [5, 5.41) is 2.54. The number of carbonyl (C=O) groups excluding carboxylic acids is 2. The highest BCUT2D eigenvalue weighted by Crippen LogP contribution is 2.37. The van der Waals surface area contributed by atoms with Gasteiger partial charge in [-0.05, 0) is 37.1 Å². The first-order valence-corrected chi connectivity index (χ1v) is 10.2. The van der Waals surface area contributed by atoms with E-state index in [0.717, 1.165) is 36.0 Å². The van der Waals surface area contributed by atoms with Gasteiger partial charge in [0.2, 0.25) is 11.9 Å². The van der Waals surface area contributed by atoms with Gasteiger partial charge in [0, 0.05) is 18.4 Å². The number of amides is 2. The maximum absolute atomic E-state index is 13.5. The van der Waals surface area contributed by atoms with E-state index in [1.54, 1.807) is 9.47 Å². The molecule has 2 aliphatic heterocycles. The average molecular weight is 426 g/mol. The zero-order chi connectivity index (χ0) is 21.5. The van der Waals surface area contributed by atoms with Gasteiger partial charge < -0.3 is 10.1 Å². The fourth-order valence-corrected chi connectivity index (χ4v) is 4.22. The van der Waals surface area contributed by atoms with E-state index in [9.17, 15) is 18.4 Å². The predicted octanol–water partition coefficient (Wildman–Crippen LogP) is 3.41. The number of hydrogen-bond acceptors (Lipinski definition) is 4. The van der Waals surface area contributed by atoms with Crippen molar-refractivity contribution in [3.8, 4) is 0 Å². The number of anilines is 2. The number of carbonyl (C=O) groups is 2. The Kier molecular flexibility index (Phi) is 4.90. The normalized spacial score (nSPS) is 20.5. The molecule has 7 nitrogen and oxygen atoms in total. The van der Waals surface area contributed by atoms with Crippen LogP contribution in [0.4, 0.5) is 20.4 Å². The van der Waals surface area contributed by atoms with E-state index in [2.05, 4.69) is 10.3 Å². The third-order valence-electron chi connectivity index (χ3n) is 5.67. The summed E-state index contributed by atoms with van der Waals surface area (Å²) in [5.41, 5.74) is 1.61. The molecule has 1 fully saturated rings. The van der Waals surface area contributed by atoms with E-state index in [-0.39, 0.29) is 24.1 Å². The summed E-state index contributed by atoms with van der Waals surface area (Å²) in [7, 11) is 0. The molecule has 0 saturated carbocycles. The van der Waals surface area contributed by atoms with E-state index in [1.165, 1.54) is 6.07 Å². The average Bonchev–Trinajstić information content (AvgIpc) is 3.45. The maximum Gasteiger partial charge on any atom is 0.253 e. The predicted molar refractivity (Wildman–Crippen MR) is 110 cm³/mol. The summed E-state index contributed by atoms with van der Waals surface area (Å²) in [6.45, 7) is 1.05. The number of para-hydroxylation sites is 2. The summed E-state index contributed by atoms with van der Waals surface area (Å²) in [5.74, 6) is -2.27. The molecular formula is C22H20F2N4O3. The molecule has 1 saturated heterocycles. The Balaban J connectivity index is 1.43. The lowest BCUT2D eigenvalue weighted by molar-refractivity contribution is -0.124. The van der Waals surface area contributed by atoms with Crippen molar-refractivity contribution in [2.45, 2.75) is 31.4 Å². The van der Waals surface area contributed by atoms with Crippen molar-refractivity contribution in [3.63, 3.8) is 0 Å². The van der Waals surface area contributed by atoms with Crippen molar-refractivity contribution in [2.75, 3.05) is 23.4 Å². The first-order chi connectivity index (χ1) is 15.0. The highest BCUT2D eigenvalue weighted by Gasteiger charge is 2.42. The largest absolute Gasteiger partial charge is 0.376 e. The molecule has 5 rings (SSSR count). The zero-order valence-electron chi connectivity index (χ0n) is 16.6. The van der Waals surface area contributed by atoms with Gasteiger partial charge in [-0.1, -0.05) is 12.1 Å². The molecule has 3 aromatic rings. The first kappa shape index (κ1) is 19.6. The fraction of sp³-hybridized carbons (Fsp3) is 0.318. The Morgan fingerprint density at radius 1 is 1.19 bits per heavy atom. The number of hydrogen-bond donors (Lipinski definition) is 1. The number of rotatable bonds is 5. The molecule has 0 aliphatic carbocycles. The van der Waals surface area contributed by atoms with Crippen LogP contribution < -0.4 is 10.2 Å². The standard InChI is InChI=1S/C22H20F2N4O3/c23-15-8-7-13(10-16(15)24)25-20(29)11-19-21(30)27(12-14-4-3-9-31-14)22-26-17-5-1-2-6-18(17)28(19)22/h1-2,5-8,10,14,19H,3-4,9,11-12H2,(H,25,29). The lowest BCUT2D eigenvalue weighted by Crippen LogP contribution is -2.37. The number of nitrogens with zero attached hydrogens (tertiary/aromatic N) is 3. The number of halogens is 2. The Bertz CT molecular complexity index is 1170. The van der Waals surface area contributed by atoms with Gasteiger partial charge in [0.1, 0.15) is 6.04 Å². The van der Waals surface area contributed by atoms with Crippen molar-refractivity contribution < 1.29 is 23.1 Å². The number of benzene rings is 2. The topological polar surface area (TPSA) is 76.5 Å². The minimum atomic E-state index is -1.06. The second kappa shape index (κ2) is 7.73. The maximum atomic E-state index is 13.5. The van der Waals surface area contributed by atoms with E-state index in [1.807, 2.05) is 24.3 Å². The quantitative estimate of drug-likeness (QED) is 0.679. The number of ether oxygens (including phenoxy) is 1. The summed E-state index contributed by atoms with van der Waals surface area (Å²) in [6.07, 6.45) is 1.59. The summed E-state index contributed by atoms with van der Waals surface area (Å²) in [6, 6.07) is 9.76. The summed E-state index contributed by atoms with van der Waals surface area (Å²) < 4.78 is 34.1. The number of nitrogens with one attached hydrogen (secondary N) is 1. The molecule has 0 spiro atoms. The molecular weight excluding hydrogens is 406 g/mol. The smallest absolute Gasteiger partial charge is 0.253 e. The third kappa shape index (κ3) is 3.54. The van der Waals surface area contributed by atoms with Crippen LogP contribution in [-0.4, -0.2) is 40.6 Å². The van der Waals surface area contributed by atoms with Gasteiger partial charge in [-0.25, -0.2) is 13.8 Å². The lowest BCUT2D eigenvalue weighted by atomic mass is 10.1. The molecule has 9 heteroatoms. The molecule has 0 bridgehead atoms.